The monoisotopic (exact) mass is 435 g/mol. The number of nitrogens with zero attached hydrogens (tertiary/aromatic N) is 5. The van der Waals surface area contributed by atoms with Gasteiger partial charge in [-0.05, 0) is 18.2 Å². The molecular weight excluding hydrogens is 414 g/mol. The number of aryl methyl sites for hydroxylation is 1. The Labute approximate surface area is 184 Å². The maximum atomic E-state index is 13.2. The maximum Gasteiger partial charge on any atom is 0.254 e. The number of benzene rings is 1. The summed E-state index contributed by atoms with van der Waals surface area (Å²) in [5.74, 6) is -0.0871. The number of pyridine rings is 2. The summed E-state index contributed by atoms with van der Waals surface area (Å²) in [5, 5.41) is 1.48. The number of hydrogen-bond donors (Lipinski definition) is 0. The largest absolute Gasteiger partial charge is 0.336 e. The van der Waals surface area contributed by atoms with Gasteiger partial charge >= 0.3 is 0 Å². The van der Waals surface area contributed by atoms with Gasteiger partial charge in [0, 0.05) is 63.6 Å². The topological polar surface area (TPSA) is 62.9 Å². The molecule has 1 aliphatic rings. The average molecular weight is 436 g/mol. The van der Waals surface area contributed by atoms with Crippen molar-refractivity contribution < 1.29 is 4.79 Å². The molecule has 0 bridgehead atoms. The van der Waals surface area contributed by atoms with Crippen LogP contribution < -0.4 is 5.56 Å². The summed E-state index contributed by atoms with van der Waals surface area (Å²) in [5.41, 5.74) is 2.91. The Morgan fingerprint density at radius 3 is 2.65 bits per heavy atom. The Morgan fingerprint density at radius 1 is 1.06 bits per heavy atom. The first kappa shape index (κ1) is 19.8. The molecule has 31 heavy (non-hydrogen) atoms. The van der Waals surface area contributed by atoms with Gasteiger partial charge in [-0.1, -0.05) is 29.8 Å². The van der Waals surface area contributed by atoms with Crippen LogP contribution in [0, 0.1) is 0 Å². The molecule has 8 heteroatoms. The van der Waals surface area contributed by atoms with Gasteiger partial charge in [0.15, 0.2) is 0 Å². The Hall–Kier alpha value is -3.16. The average Bonchev–Trinajstić information content (AvgIpc) is 3.17. The third-order valence-corrected chi connectivity index (χ3v) is 6.12. The standard InChI is InChI=1S/C23H22ClN5O2/c1-26-20-5-3-2-4-18(20)19(12-22(26)30)23(31)28-10-8-27(9-11-28)14-17-15-29-13-16(24)6-7-21(29)25-17/h2-7,12-13,15H,8-11,14H2,1H3. The van der Waals surface area contributed by atoms with E-state index in [2.05, 4.69) is 9.88 Å². The molecule has 5 rings (SSSR count). The van der Waals surface area contributed by atoms with E-state index < -0.39 is 0 Å². The van der Waals surface area contributed by atoms with E-state index in [-0.39, 0.29) is 11.5 Å². The first-order valence-electron chi connectivity index (χ1n) is 10.2. The third kappa shape index (κ3) is 3.71. The van der Waals surface area contributed by atoms with Crippen LogP contribution >= 0.6 is 11.6 Å². The van der Waals surface area contributed by atoms with Crippen LogP contribution in [0.4, 0.5) is 0 Å². The summed E-state index contributed by atoms with van der Waals surface area (Å²) < 4.78 is 3.50. The summed E-state index contributed by atoms with van der Waals surface area (Å²) in [4.78, 5) is 34.3. The van der Waals surface area contributed by atoms with Gasteiger partial charge in [0.05, 0.1) is 21.8 Å². The predicted molar refractivity (Wildman–Crippen MR) is 121 cm³/mol. The van der Waals surface area contributed by atoms with Crippen molar-refractivity contribution in [3.8, 4) is 0 Å². The lowest BCUT2D eigenvalue weighted by atomic mass is 10.1. The van der Waals surface area contributed by atoms with Gasteiger partial charge in [-0.3, -0.25) is 14.5 Å². The number of hydrogen-bond acceptors (Lipinski definition) is 4. The fraction of sp³-hybridized carbons (Fsp3) is 0.261. The SMILES string of the molecule is Cn1c(=O)cc(C(=O)N2CCN(Cc3cn4cc(Cl)ccc4n3)CC2)c2ccccc21. The quantitative estimate of drug-likeness (QED) is 0.496. The van der Waals surface area contributed by atoms with E-state index in [1.807, 2.05) is 58.1 Å². The Balaban J connectivity index is 1.30. The van der Waals surface area contributed by atoms with Crippen molar-refractivity contribution in [2.24, 2.45) is 7.05 Å². The molecule has 1 aromatic carbocycles. The number of imidazole rings is 1. The summed E-state index contributed by atoms with van der Waals surface area (Å²) in [7, 11) is 1.73. The van der Waals surface area contributed by atoms with Crippen LogP contribution in [-0.4, -0.2) is 55.8 Å². The van der Waals surface area contributed by atoms with Gasteiger partial charge in [-0.2, -0.15) is 0 Å². The van der Waals surface area contributed by atoms with E-state index in [0.29, 0.717) is 23.7 Å². The first-order chi connectivity index (χ1) is 15.0. The van der Waals surface area contributed by atoms with Crippen molar-refractivity contribution in [1.82, 2.24) is 23.8 Å². The second kappa shape index (κ2) is 7.83. The highest BCUT2D eigenvalue weighted by Crippen LogP contribution is 2.19. The summed E-state index contributed by atoms with van der Waals surface area (Å²) >= 11 is 6.05. The maximum absolute atomic E-state index is 13.2. The van der Waals surface area contributed by atoms with E-state index in [0.717, 1.165) is 41.9 Å². The zero-order chi connectivity index (χ0) is 21.5. The number of amides is 1. The molecule has 1 amide bonds. The molecule has 0 saturated carbocycles. The molecule has 0 spiro atoms. The van der Waals surface area contributed by atoms with Crippen molar-refractivity contribution >= 4 is 34.1 Å². The van der Waals surface area contributed by atoms with Crippen LogP contribution in [0.25, 0.3) is 16.6 Å². The summed E-state index contributed by atoms with van der Waals surface area (Å²) in [6, 6.07) is 12.7. The second-order valence-electron chi connectivity index (χ2n) is 7.89. The molecule has 0 aliphatic carbocycles. The number of carbonyl (C=O) groups is 1. The predicted octanol–water partition coefficient (Wildman–Crippen LogP) is 2.80. The second-order valence-corrected chi connectivity index (χ2v) is 8.32. The van der Waals surface area contributed by atoms with Crippen LogP contribution in [0.5, 0.6) is 0 Å². The minimum absolute atomic E-state index is 0.0871. The van der Waals surface area contributed by atoms with Gasteiger partial charge < -0.3 is 13.9 Å². The fourth-order valence-electron chi connectivity index (χ4n) is 4.19. The molecule has 0 N–H and O–H groups in total. The third-order valence-electron chi connectivity index (χ3n) is 5.89. The number of halogens is 1. The van der Waals surface area contributed by atoms with E-state index in [1.165, 1.54) is 6.07 Å². The van der Waals surface area contributed by atoms with E-state index >= 15 is 0 Å². The highest BCUT2D eigenvalue weighted by Gasteiger charge is 2.24. The molecule has 4 heterocycles. The Kier molecular flexibility index (Phi) is 5.00. The van der Waals surface area contributed by atoms with Gasteiger partial charge in [0.2, 0.25) is 0 Å². The Bertz CT molecular complexity index is 1350. The van der Waals surface area contributed by atoms with Crippen LogP contribution in [0.2, 0.25) is 5.02 Å². The number of para-hydroxylation sites is 1. The van der Waals surface area contributed by atoms with Gasteiger partial charge in [-0.15, -0.1) is 0 Å². The number of piperazine rings is 1. The lowest BCUT2D eigenvalue weighted by Gasteiger charge is -2.34. The summed E-state index contributed by atoms with van der Waals surface area (Å²) in [6.07, 6.45) is 3.84. The smallest absolute Gasteiger partial charge is 0.254 e. The lowest BCUT2D eigenvalue weighted by Crippen LogP contribution is -2.48. The molecule has 158 valence electrons. The minimum atomic E-state index is -0.173. The van der Waals surface area contributed by atoms with E-state index in [9.17, 15) is 9.59 Å². The normalized spacial score (nSPS) is 15.1. The molecule has 1 saturated heterocycles. The van der Waals surface area contributed by atoms with Crippen LogP contribution in [0.3, 0.4) is 0 Å². The number of carbonyl (C=O) groups excluding carboxylic acids is 1. The minimum Gasteiger partial charge on any atom is -0.336 e. The highest BCUT2D eigenvalue weighted by molar-refractivity contribution is 6.30. The molecular formula is C23H22ClN5O2. The van der Waals surface area contributed by atoms with E-state index in [1.54, 1.807) is 11.6 Å². The number of rotatable bonds is 3. The van der Waals surface area contributed by atoms with Crippen molar-refractivity contribution in [2.45, 2.75) is 6.54 Å². The number of fused-ring (bicyclic) bond motifs is 2. The van der Waals surface area contributed by atoms with Crippen molar-refractivity contribution in [1.29, 1.82) is 0 Å². The summed E-state index contributed by atoms with van der Waals surface area (Å²) in [6.45, 7) is 3.45. The number of aromatic nitrogens is 3. The van der Waals surface area contributed by atoms with Gasteiger partial charge in [0.25, 0.3) is 11.5 Å². The van der Waals surface area contributed by atoms with Crippen LogP contribution in [0.15, 0.2) is 59.7 Å². The van der Waals surface area contributed by atoms with Crippen molar-refractivity contribution in [3.05, 3.63) is 81.5 Å². The fourth-order valence-corrected chi connectivity index (χ4v) is 4.36. The molecule has 0 atom stereocenters. The van der Waals surface area contributed by atoms with Crippen molar-refractivity contribution in [2.75, 3.05) is 26.2 Å². The first-order valence-corrected chi connectivity index (χ1v) is 10.6. The zero-order valence-corrected chi connectivity index (χ0v) is 17.9. The molecule has 1 fully saturated rings. The van der Waals surface area contributed by atoms with Gasteiger partial charge in [-0.25, -0.2) is 4.98 Å². The van der Waals surface area contributed by atoms with Crippen molar-refractivity contribution in [3.63, 3.8) is 0 Å². The molecule has 7 nitrogen and oxygen atoms in total. The Morgan fingerprint density at radius 2 is 1.84 bits per heavy atom. The highest BCUT2D eigenvalue weighted by atomic mass is 35.5. The molecule has 0 unspecified atom stereocenters. The van der Waals surface area contributed by atoms with Crippen LogP contribution in [0.1, 0.15) is 16.1 Å². The van der Waals surface area contributed by atoms with Crippen LogP contribution in [-0.2, 0) is 13.6 Å². The molecule has 3 aromatic heterocycles. The molecule has 0 radical (unpaired) electrons. The molecule has 1 aliphatic heterocycles. The molecule has 4 aromatic rings. The van der Waals surface area contributed by atoms with E-state index in [4.69, 9.17) is 11.6 Å². The zero-order valence-electron chi connectivity index (χ0n) is 17.2. The van der Waals surface area contributed by atoms with Gasteiger partial charge in [0.1, 0.15) is 5.65 Å². The lowest BCUT2D eigenvalue weighted by molar-refractivity contribution is 0.0629.